The third-order valence-corrected chi connectivity index (χ3v) is 5.91. The first-order chi connectivity index (χ1) is 15.3. The quantitative estimate of drug-likeness (QED) is 0.342. The van der Waals surface area contributed by atoms with Crippen molar-refractivity contribution in [1.82, 2.24) is 0 Å². The number of hydrogen-bond donors (Lipinski definition) is 3. The summed E-state index contributed by atoms with van der Waals surface area (Å²) in [5.74, 6) is -6.34. The first-order valence-electron chi connectivity index (χ1n) is 9.19. The lowest BCUT2D eigenvalue weighted by Gasteiger charge is -2.14. The summed E-state index contributed by atoms with van der Waals surface area (Å²) in [5.41, 5.74) is -1.99. The van der Waals surface area contributed by atoms with Gasteiger partial charge in [-0.1, -0.05) is 11.6 Å². The highest BCUT2D eigenvalue weighted by atomic mass is 35.5. The molecule has 0 heterocycles. The number of anilines is 3. The molecule has 6 nitrogen and oxygen atoms in total. The normalized spacial score (nSPS) is 16.3. The van der Waals surface area contributed by atoms with Crippen molar-refractivity contribution in [2.45, 2.75) is 24.1 Å². The van der Waals surface area contributed by atoms with Crippen molar-refractivity contribution in [3.63, 3.8) is 0 Å². The van der Waals surface area contributed by atoms with Gasteiger partial charge in [-0.15, -0.1) is 23.2 Å². The van der Waals surface area contributed by atoms with Crippen molar-refractivity contribution >= 4 is 69.6 Å². The number of alkyl halides is 4. The molecule has 0 radical (unpaired) electrons. The Hall–Kier alpha value is -2.56. The van der Waals surface area contributed by atoms with Gasteiger partial charge in [-0.3, -0.25) is 14.4 Å². The summed E-state index contributed by atoms with van der Waals surface area (Å²) >= 11 is 17.7. The molecule has 1 fully saturated rings. The van der Waals surface area contributed by atoms with Crippen LogP contribution in [-0.2, 0) is 9.59 Å². The maximum Gasteiger partial charge on any atom is 0.315 e. The number of benzene rings is 2. The summed E-state index contributed by atoms with van der Waals surface area (Å²) in [6, 6.07) is 4.57. The van der Waals surface area contributed by atoms with Crippen LogP contribution in [0, 0.1) is 24.5 Å². The average Bonchev–Trinajstić information content (AvgIpc) is 3.39. The zero-order valence-electron chi connectivity index (χ0n) is 16.5. The maximum atomic E-state index is 14.5. The molecule has 3 N–H and O–H groups in total. The lowest BCUT2D eigenvalue weighted by molar-refractivity contribution is -0.126. The van der Waals surface area contributed by atoms with Crippen molar-refractivity contribution < 1.29 is 31.9 Å². The number of halogens is 7. The molecule has 0 aliphatic heterocycles. The first kappa shape index (κ1) is 25.1. The van der Waals surface area contributed by atoms with Gasteiger partial charge >= 0.3 is 6.43 Å². The molecule has 176 valence electrons. The summed E-state index contributed by atoms with van der Waals surface area (Å²) in [6.07, 6.45) is -3.18. The van der Waals surface area contributed by atoms with Gasteiger partial charge in [-0.2, -0.15) is 8.78 Å². The van der Waals surface area contributed by atoms with Crippen LogP contribution >= 0.6 is 34.8 Å². The van der Waals surface area contributed by atoms with Gasteiger partial charge in [-0.05, 0) is 37.6 Å². The van der Waals surface area contributed by atoms with Crippen molar-refractivity contribution in [2.75, 3.05) is 16.0 Å². The van der Waals surface area contributed by atoms with Gasteiger partial charge in [0.25, 0.3) is 11.8 Å². The van der Waals surface area contributed by atoms with E-state index in [9.17, 15) is 31.9 Å². The summed E-state index contributed by atoms with van der Waals surface area (Å²) < 4.78 is 52.5. The third kappa shape index (κ3) is 5.51. The zero-order valence-corrected chi connectivity index (χ0v) is 18.8. The third-order valence-electron chi connectivity index (χ3n) is 4.75. The summed E-state index contributed by atoms with van der Waals surface area (Å²) in [7, 11) is 0. The molecule has 2 aromatic carbocycles. The second-order valence-electron chi connectivity index (χ2n) is 7.17. The highest BCUT2D eigenvalue weighted by molar-refractivity contribution is 6.52. The summed E-state index contributed by atoms with van der Waals surface area (Å²) in [4.78, 5) is 36.0. The van der Waals surface area contributed by atoms with E-state index >= 15 is 0 Å². The summed E-state index contributed by atoms with van der Waals surface area (Å²) in [5, 5.41) is 6.23. The molecule has 0 aromatic heterocycles. The minimum atomic E-state index is -3.44. The average molecular weight is 527 g/mol. The molecule has 1 aliphatic carbocycles. The Morgan fingerprint density at radius 2 is 1.61 bits per heavy atom. The second-order valence-corrected chi connectivity index (χ2v) is 9.12. The van der Waals surface area contributed by atoms with Crippen LogP contribution in [0.2, 0.25) is 5.02 Å². The van der Waals surface area contributed by atoms with Gasteiger partial charge in [0.15, 0.2) is 11.6 Å². The number of rotatable bonds is 6. The molecule has 13 heteroatoms. The molecule has 1 atom stereocenters. The van der Waals surface area contributed by atoms with Crippen LogP contribution in [0.25, 0.3) is 0 Å². The molecule has 3 amide bonds. The van der Waals surface area contributed by atoms with Gasteiger partial charge in [-0.25, -0.2) is 8.78 Å². The molecule has 0 spiro atoms. The fourth-order valence-corrected chi connectivity index (χ4v) is 3.54. The Morgan fingerprint density at radius 3 is 2.15 bits per heavy atom. The van der Waals surface area contributed by atoms with Crippen LogP contribution in [0.3, 0.4) is 0 Å². The van der Waals surface area contributed by atoms with E-state index in [0.717, 1.165) is 6.92 Å². The minimum Gasteiger partial charge on any atom is -0.326 e. The molecular weight excluding hydrogens is 513 g/mol. The Kier molecular flexibility index (Phi) is 7.11. The number of carbonyl (C=O) groups excluding carboxylic acids is 3. The predicted molar refractivity (Wildman–Crippen MR) is 116 cm³/mol. The fourth-order valence-electron chi connectivity index (χ4n) is 2.83. The highest BCUT2D eigenvalue weighted by Gasteiger charge is 2.56. The molecule has 0 saturated heterocycles. The van der Waals surface area contributed by atoms with Crippen LogP contribution in [0.1, 0.15) is 22.3 Å². The van der Waals surface area contributed by atoms with Crippen LogP contribution < -0.4 is 16.0 Å². The fraction of sp³-hybridized carbons (Fsp3) is 0.250. The van der Waals surface area contributed by atoms with Crippen LogP contribution in [0.15, 0.2) is 24.3 Å². The Balaban J connectivity index is 1.84. The molecule has 3 rings (SSSR count). The molecular formula is C20H14Cl3F4N3O3. The van der Waals surface area contributed by atoms with Crippen LogP contribution in [-0.4, -0.2) is 28.5 Å². The van der Waals surface area contributed by atoms with E-state index < -0.39 is 63.0 Å². The maximum absolute atomic E-state index is 14.5. The van der Waals surface area contributed by atoms with Gasteiger partial charge < -0.3 is 16.0 Å². The SMILES string of the molecule is Cc1c(F)c(NC(=O)c2cc(NC(=O)C3CC3(Cl)Cl)ccc2Cl)cc(NC(=O)C(F)F)c1F. The van der Waals surface area contributed by atoms with E-state index in [4.69, 9.17) is 34.8 Å². The predicted octanol–water partition coefficient (Wildman–Crippen LogP) is 5.51. The molecule has 1 aliphatic rings. The number of hydrogen-bond acceptors (Lipinski definition) is 3. The standard InChI is InChI=1S/C20H14Cl3F4N3O3/c1-7-14(24)12(5-13(15(7)25)30-19(33)16(26)27)29-17(31)9-4-8(2-3-11(9)21)28-18(32)10-6-20(10,22)23/h2-5,10,16H,6H2,1H3,(H,28,32)(H,29,31)(H,30,33). The molecule has 33 heavy (non-hydrogen) atoms. The second kappa shape index (κ2) is 9.36. The van der Waals surface area contributed by atoms with Crippen LogP contribution in [0.4, 0.5) is 34.6 Å². The van der Waals surface area contributed by atoms with Crippen LogP contribution in [0.5, 0.6) is 0 Å². The smallest absolute Gasteiger partial charge is 0.315 e. The van der Waals surface area contributed by atoms with Crippen molar-refractivity contribution in [1.29, 1.82) is 0 Å². The van der Waals surface area contributed by atoms with Gasteiger partial charge in [0.05, 0.1) is 27.9 Å². The van der Waals surface area contributed by atoms with E-state index in [-0.39, 0.29) is 22.7 Å². The van der Waals surface area contributed by atoms with Crippen molar-refractivity contribution in [3.05, 3.63) is 52.0 Å². The topological polar surface area (TPSA) is 87.3 Å². The number of amides is 3. The number of carbonyl (C=O) groups is 3. The lowest BCUT2D eigenvalue weighted by atomic mass is 10.1. The van der Waals surface area contributed by atoms with Gasteiger partial charge in [0, 0.05) is 11.3 Å². The minimum absolute atomic E-state index is 0.0635. The lowest BCUT2D eigenvalue weighted by Crippen LogP contribution is -2.22. The molecule has 1 saturated carbocycles. The van der Waals surface area contributed by atoms with E-state index in [1.165, 1.54) is 18.2 Å². The van der Waals surface area contributed by atoms with Gasteiger partial charge in [0.2, 0.25) is 5.91 Å². The summed E-state index contributed by atoms with van der Waals surface area (Å²) in [6.45, 7) is 0.993. The Bertz CT molecular complexity index is 1160. The van der Waals surface area contributed by atoms with Crippen molar-refractivity contribution in [2.24, 2.45) is 5.92 Å². The number of nitrogens with one attached hydrogen (secondary N) is 3. The first-order valence-corrected chi connectivity index (χ1v) is 10.3. The van der Waals surface area contributed by atoms with E-state index in [0.29, 0.717) is 6.07 Å². The van der Waals surface area contributed by atoms with Crippen molar-refractivity contribution in [3.8, 4) is 0 Å². The molecule has 1 unspecified atom stereocenters. The highest BCUT2D eigenvalue weighted by Crippen LogP contribution is 2.53. The van der Waals surface area contributed by atoms with E-state index in [2.05, 4.69) is 10.6 Å². The Morgan fingerprint density at radius 1 is 1.03 bits per heavy atom. The molecule has 0 bridgehead atoms. The molecule has 2 aromatic rings. The monoisotopic (exact) mass is 525 g/mol. The Labute approximate surface area is 199 Å². The zero-order chi connectivity index (χ0) is 24.7. The largest absolute Gasteiger partial charge is 0.326 e. The van der Waals surface area contributed by atoms with E-state index in [1.54, 1.807) is 5.32 Å². The van der Waals surface area contributed by atoms with Gasteiger partial charge in [0.1, 0.15) is 4.33 Å². The van der Waals surface area contributed by atoms with E-state index in [1.807, 2.05) is 0 Å².